The molecule has 2 aromatic heterocycles. The maximum absolute atomic E-state index is 11.1. The monoisotopic (exact) mass is 988 g/mol. The largest absolute Gasteiger partial charge is 0.489 e. The summed E-state index contributed by atoms with van der Waals surface area (Å²) in [6.07, 6.45) is 3.10. The molecular formula is C52H50Cl2N6O10. The first-order valence-electron chi connectivity index (χ1n) is 21.9. The average molecular weight is 990 g/mol. The van der Waals surface area contributed by atoms with Crippen LogP contribution in [0.2, 0.25) is 10.0 Å². The molecule has 6 aromatic rings. The molecule has 0 saturated heterocycles. The van der Waals surface area contributed by atoms with Crippen LogP contribution < -0.4 is 29.6 Å². The number of halogens is 2. The van der Waals surface area contributed by atoms with Crippen molar-refractivity contribution in [2.45, 2.75) is 78.4 Å². The maximum atomic E-state index is 11.1. The van der Waals surface area contributed by atoms with E-state index in [1.807, 2.05) is 50.2 Å². The van der Waals surface area contributed by atoms with Crippen LogP contribution in [-0.4, -0.2) is 67.6 Å². The molecule has 6 N–H and O–H groups in total. The Morgan fingerprint density at radius 3 is 1.63 bits per heavy atom. The molecule has 6 rings (SSSR count). The number of hydrogen-bond acceptors (Lipinski definition) is 14. The van der Waals surface area contributed by atoms with Crippen LogP contribution in [0.5, 0.6) is 23.0 Å². The molecule has 0 bridgehead atoms. The molecule has 16 nitrogen and oxygen atoms in total. The van der Waals surface area contributed by atoms with E-state index >= 15 is 0 Å². The van der Waals surface area contributed by atoms with Gasteiger partial charge in [0.2, 0.25) is 0 Å². The summed E-state index contributed by atoms with van der Waals surface area (Å²) in [5, 5.41) is 63.8. The van der Waals surface area contributed by atoms with E-state index in [2.05, 4.69) is 32.7 Å². The summed E-state index contributed by atoms with van der Waals surface area (Å²) in [5.41, 5.74) is 8.63. The number of carboxylic acids is 2. The number of aliphatic hydroxyl groups is 2. The van der Waals surface area contributed by atoms with Crippen LogP contribution in [-0.2, 0) is 49.1 Å². The number of carboxylic acid groups (broad SMARTS) is 2. The molecule has 0 fully saturated rings. The molecule has 70 heavy (non-hydrogen) atoms. The molecule has 0 spiro atoms. The third-order valence-corrected chi connectivity index (χ3v) is 11.6. The standard InChI is InChI=1S/C52H50Cl2N6O10/c1-31-37(29-70-50-16-49(68-28-36-10-34(18-56)20-58-22-36)39(12-46(50)54)24-60-26-42(62)15-52(65)66)5-3-6-43(31)44-7-4-8-47(32(44)2)69-30-40-13-48(67-27-35-9-33(17-55)19-57-21-35)38(11-45(40)53)23-59-25-41(61)14-51(63)64/h3-13,16,19-22,41-42,59-62H,14-15,23-30H2,1-2H3,(H,63,64)(H,65,66). The first kappa shape index (κ1) is 52.1. The van der Waals surface area contributed by atoms with Crippen LogP contribution in [0.15, 0.2) is 97.6 Å². The van der Waals surface area contributed by atoms with E-state index in [0.29, 0.717) is 72.0 Å². The van der Waals surface area contributed by atoms with Gasteiger partial charge in [-0.1, -0.05) is 53.5 Å². The summed E-state index contributed by atoms with van der Waals surface area (Å²) in [6, 6.07) is 26.1. The zero-order chi connectivity index (χ0) is 50.2. The summed E-state index contributed by atoms with van der Waals surface area (Å²) in [6.45, 7) is 4.84. The van der Waals surface area contributed by atoms with E-state index in [1.54, 1.807) is 48.8 Å². The lowest BCUT2D eigenvalue weighted by Gasteiger charge is -2.19. The Bertz CT molecular complexity index is 2710. The lowest BCUT2D eigenvalue weighted by molar-refractivity contribution is -0.140. The second kappa shape index (κ2) is 25.4. The number of rotatable bonds is 25. The Hall–Kier alpha value is -7.28. The number of aliphatic carboxylic acids is 2. The van der Waals surface area contributed by atoms with Gasteiger partial charge in [0.05, 0.1) is 41.2 Å². The summed E-state index contributed by atoms with van der Waals surface area (Å²) in [4.78, 5) is 30.3. The van der Waals surface area contributed by atoms with Crippen molar-refractivity contribution in [3.8, 4) is 46.3 Å². The molecule has 4 aromatic carbocycles. The van der Waals surface area contributed by atoms with E-state index in [1.165, 1.54) is 12.4 Å². The second-order valence-corrected chi connectivity index (χ2v) is 17.1. The molecule has 0 amide bonds. The van der Waals surface area contributed by atoms with Gasteiger partial charge in [-0.15, -0.1) is 0 Å². The number of ether oxygens (including phenoxy) is 4. The normalized spacial score (nSPS) is 11.8. The van der Waals surface area contributed by atoms with Gasteiger partial charge in [-0.2, -0.15) is 10.5 Å². The molecule has 2 atom stereocenters. The van der Waals surface area contributed by atoms with Crippen LogP contribution in [0.3, 0.4) is 0 Å². The van der Waals surface area contributed by atoms with Gasteiger partial charge in [-0.25, -0.2) is 0 Å². The third kappa shape index (κ3) is 14.9. The molecule has 0 aliphatic carbocycles. The quantitative estimate of drug-likeness (QED) is 0.0318. The molecule has 2 heterocycles. The topological polar surface area (TPSA) is 249 Å². The van der Waals surface area contributed by atoms with Crippen molar-refractivity contribution >= 4 is 35.1 Å². The number of aliphatic hydroxyl groups excluding tert-OH is 2. The number of pyridine rings is 2. The zero-order valence-corrected chi connectivity index (χ0v) is 39.8. The number of nitrogens with one attached hydrogen (secondary N) is 2. The minimum atomic E-state index is -1.11. The molecule has 2 unspecified atom stereocenters. The van der Waals surface area contributed by atoms with Gasteiger partial charge in [0.1, 0.15) is 61.6 Å². The van der Waals surface area contributed by atoms with Crippen molar-refractivity contribution in [1.82, 2.24) is 20.6 Å². The van der Waals surface area contributed by atoms with Gasteiger partial charge in [0, 0.05) is 89.9 Å². The lowest BCUT2D eigenvalue weighted by atomic mass is 9.93. The van der Waals surface area contributed by atoms with Crippen LogP contribution >= 0.6 is 23.2 Å². The van der Waals surface area contributed by atoms with Gasteiger partial charge in [-0.05, 0) is 78.1 Å². The highest BCUT2D eigenvalue weighted by Crippen LogP contribution is 2.37. The van der Waals surface area contributed by atoms with Gasteiger partial charge >= 0.3 is 11.9 Å². The Balaban J connectivity index is 1.18. The molecule has 0 radical (unpaired) electrons. The van der Waals surface area contributed by atoms with Crippen molar-refractivity contribution in [3.05, 3.63) is 163 Å². The third-order valence-electron chi connectivity index (χ3n) is 11.0. The lowest BCUT2D eigenvalue weighted by Crippen LogP contribution is -2.28. The van der Waals surface area contributed by atoms with E-state index in [-0.39, 0.29) is 52.6 Å². The Kier molecular flexibility index (Phi) is 18.9. The Morgan fingerprint density at radius 2 is 1.07 bits per heavy atom. The van der Waals surface area contributed by atoms with Crippen LogP contribution in [0.4, 0.5) is 0 Å². The number of hydrogen-bond donors (Lipinski definition) is 6. The summed E-state index contributed by atoms with van der Waals surface area (Å²) < 4.78 is 25.2. The molecule has 0 aliphatic heterocycles. The van der Waals surface area contributed by atoms with E-state index in [0.717, 1.165) is 27.8 Å². The van der Waals surface area contributed by atoms with Crippen molar-refractivity contribution in [2.24, 2.45) is 0 Å². The molecular weight excluding hydrogens is 940 g/mol. The summed E-state index contributed by atoms with van der Waals surface area (Å²) in [7, 11) is 0. The highest BCUT2D eigenvalue weighted by molar-refractivity contribution is 6.32. The van der Waals surface area contributed by atoms with Gasteiger partial charge in [0.15, 0.2) is 0 Å². The van der Waals surface area contributed by atoms with Crippen LogP contribution in [0.1, 0.15) is 68.5 Å². The van der Waals surface area contributed by atoms with E-state index in [9.17, 15) is 30.3 Å². The molecule has 362 valence electrons. The number of nitriles is 2. The van der Waals surface area contributed by atoms with Crippen molar-refractivity contribution < 1.29 is 49.0 Å². The number of nitrogens with zero attached hydrogens (tertiary/aromatic N) is 4. The second-order valence-electron chi connectivity index (χ2n) is 16.3. The predicted octanol–water partition coefficient (Wildman–Crippen LogP) is 7.98. The molecule has 18 heteroatoms. The predicted molar refractivity (Wildman–Crippen MR) is 259 cm³/mol. The smallest absolute Gasteiger partial charge is 0.306 e. The maximum Gasteiger partial charge on any atom is 0.306 e. The van der Waals surface area contributed by atoms with E-state index in [4.69, 9.17) is 52.4 Å². The van der Waals surface area contributed by atoms with Gasteiger partial charge in [0.25, 0.3) is 0 Å². The van der Waals surface area contributed by atoms with Crippen LogP contribution in [0, 0.1) is 36.5 Å². The Morgan fingerprint density at radius 1 is 0.586 bits per heavy atom. The first-order chi connectivity index (χ1) is 33.7. The van der Waals surface area contributed by atoms with Gasteiger partial charge in [-0.3, -0.25) is 19.6 Å². The molecule has 0 saturated carbocycles. The summed E-state index contributed by atoms with van der Waals surface area (Å²) in [5.74, 6) is -0.369. The summed E-state index contributed by atoms with van der Waals surface area (Å²) >= 11 is 13.6. The number of benzene rings is 4. The fraction of sp³-hybridized carbons (Fsp3) is 0.269. The molecule has 0 aliphatic rings. The first-order valence-corrected chi connectivity index (χ1v) is 22.7. The van der Waals surface area contributed by atoms with E-state index < -0.39 is 37.0 Å². The Labute approximate surface area is 414 Å². The van der Waals surface area contributed by atoms with Gasteiger partial charge < -0.3 is 50.0 Å². The van der Waals surface area contributed by atoms with Crippen LogP contribution in [0.25, 0.3) is 11.1 Å². The number of aromatic nitrogens is 2. The van der Waals surface area contributed by atoms with Crippen molar-refractivity contribution in [3.63, 3.8) is 0 Å². The SMILES string of the molecule is Cc1c(COc2cc(OCc3cncc(C#N)c3)c(CNCC(O)CC(=O)O)cc2Cl)cccc1-c1cccc(OCc2cc(OCc3cncc(C#N)c3)c(CNCC(O)CC(=O)O)cc2Cl)c1C. The fourth-order valence-corrected chi connectivity index (χ4v) is 7.84. The zero-order valence-electron chi connectivity index (χ0n) is 38.2. The highest BCUT2D eigenvalue weighted by Gasteiger charge is 2.18. The fourth-order valence-electron chi connectivity index (χ4n) is 7.36. The van der Waals surface area contributed by atoms with Crippen molar-refractivity contribution in [1.29, 1.82) is 10.5 Å². The van der Waals surface area contributed by atoms with Crippen molar-refractivity contribution in [2.75, 3.05) is 13.1 Å². The highest BCUT2D eigenvalue weighted by atomic mass is 35.5. The number of carbonyl (C=O) groups is 2. The minimum absolute atomic E-state index is 0.0195. The average Bonchev–Trinajstić information content (AvgIpc) is 3.33. The minimum Gasteiger partial charge on any atom is -0.489 e.